The number of aryl methyl sites for hydroxylation is 1. The predicted molar refractivity (Wildman–Crippen MR) is 82.7 cm³/mol. The molecule has 1 aromatic heterocycles. The number of hydrogen-bond acceptors (Lipinski definition) is 5. The van der Waals surface area contributed by atoms with Crippen molar-refractivity contribution in [2.75, 3.05) is 21.3 Å². The number of aromatic nitrogens is 2. The van der Waals surface area contributed by atoms with Crippen LogP contribution >= 0.6 is 0 Å². The first-order chi connectivity index (χ1) is 10.6. The van der Waals surface area contributed by atoms with E-state index < -0.39 is 0 Å². The van der Waals surface area contributed by atoms with Gasteiger partial charge in [0, 0.05) is 13.2 Å². The summed E-state index contributed by atoms with van der Waals surface area (Å²) in [5.74, 6) is 1.41. The summed E-state index contributed by atoms with van der Waals surface area (Å²) in [7, 11) is 6.40. The number of carbonyl (C=O) groups excluding carboxylic acids is 1. The highest BCUT2D eigenvalue weighted by Gasteiger charge is 2.12. The van der Waals surface area contributed by atoms with E-state index in [1.165, 1.54) is 6.08 Å². The van der Waals surface area contributed by atoms with Gasteiger partial charge in [-0.1, -0.05) is 6.08 Å². The average Bonchev–Trinajstić information content (AvgIpc) is 2.97. The fourth-order valence-corrected chi connectivity index (χ4v) is 2.00. The van der Waals surface area contributed by atoms with Gasteiger partial charge in [-0.15, -0.1) is 0 Å². The largest absolute Gasteiger partial charge is 0.493 e. The van der Waals surface area contributed by atoms with E-state index in [1.807, 2.05) is 0 Å². The number of carbonyl (C=O) groups is 1. The van der Waals surface area contributed by atoms with E-state index >= 15 is 0 Å². The molecule has 0 amide bonds. The van der Waals surface area contributed by atoms with Crippen molar-refractivity contribution in [3.05, 3.63) is 41.7 Å². The summed E-state index contributed by atoms with van der Waals surface area (Å²) < 4.78 is 17.4. The molecule has 0 saturated heterocycles. The molecule has 0 spiro atoms. The van der Waals surface area contributed by atoms with Gasteiger partial charge in [0.2, 0.25) is 11.5 Å². The number of benzene rings is 1. The molecule has 1 aromatic carbocycles. The molecule has 6 heteroatoms. The first-order valence-electron chi connectivity index (χ1n) is 6.61. The topological polar surface area (TPSA) is 62.6 Å². The highest BCUT2D eigenvalue weighted by Crippen LogP contribution is 2.38. The van der Waals surface area contributed by atoms with Gasteiger partial charge in [-0.05, 0) is 29.8 Å². The van der Waals surface area contributed by atoms with E-state index in [0.29, 0.717) is 22.9 Å². The van der Waals surface area contributed by atoms with Gasteiger partial charge in [0.15, 0.2) is 11.5 Å². The molecule has 0 aliphatic rings. The standard InChI is InChI=1S/C16H18N2O4/c1-18-8-7-12(17-18)13(19)6-5-11-9-14(20-2)16(22-4)15(10-11)21-3/h5-10H,1-4H3/b6-5+. The lowest BCUT2D eigenvalue weighted by atomic mass is 10.1. The minimum absolute atomic E-state index is 0.172. The number of rotatable bonds is 6. The number of nitrogens with zero attached hydrogens (tertiary/aromatic N) is 2. The van der Waals surface area contributed by atoms with Crippen molar-refractivity contribution in [1.29, 1.82) is 0 Å². The Morgan fingerprint density at radius 2 is 1.77 bits per heavy atom. The normalized spacial score (nSPS) is 10.7. The van der Waals surface area contributed by atoms with Gasteiger partial charge in [-0.25, -0.2) is 0 Å². The van der Waals surface area contributed by atoms with Crippen LogP contribution in [0.3, 0.4) is 0 Å². The number of ketones is 1. The monoisotopic (exact) mass is 302 g/mol. The SMILES string of the molecule is COc1cc(/C=C/C(=O)c2ccn(C)n2)cc(OC)c1OC. The van der Waals surface area contributed by atoms with Crippen LogP contribution in [0.1, 0.15) is 16.1 Å². The molecule has 116 valence electrons. The number of hydrogen-bond donors (Lipinski definition) is 0. The molecule has 0 bridgehead atoms. The van der Waals surface area contributed by atoms with E-state index in [0.717, 1.165) is 5.56 Å². The highest BCUT2D eigenvalue weighted by molar-refractivity contribution is 6.05. The van der Waals surface area contributed by atoms with Crippen LogP contribution in [-0.2, 0) is 7.05 Å². The van der Waals surface area contributed by atoms with Crippen LogP contribution in [0.15, 0.2) is 30.5 Å². The summed E-state index contributed by atoms with van der Waals surface area (Å²) in [5.41, 5.74) is 1.16. The van der Waals surface area contributed by atoms with E-state index in [2.05, 4.69) is 5.10 Å². The molecule has 0 unspecified atom stereocenters. The van der Waals surface area contributed by atoms with Crippen LogP contribution in [0.5, 0.6) is 17.2 Å². The zero-order valence-corrected chi connectivity index (χ0v) is 13.0. The lowest BCUT2D eigenvalue weighted by Gasteiger charge is -2.12. The van der Waals surface area contributed by atoms with E-state index in [1.54, 1.807) is 63.5 Å². The summed E-state index contributed by atoms with van der Waals surface area (Å²) in [5, 5.41) is 4.06. The van der Waals surface area contributed by atoms with Crippen molar-refractivity contribution in [1.82, 2.24) is 9.78 Å². The van der Waals surface area contributed by atoms with Gasteiger partial charge >= 0.3 is 0 Å². The molecule has 0 saturated carbocycles. The Labute approximate surface area is 128 Å². The minimum Gasteiger partial charge on any atom is -0.493 e. The van der Waals surface area contributed by atoms with Crippen molar-refractivity contribution < 1.29 is 19.0 Å². The van der Waals surface area contributed by atoms with Crippen LogP contribution in [0.2, 0.25) is 0 Å². The molecule has 1 heterocycles. The second-order valence-electron chi connectivity index (χ2n) is 4.53. The third kappa shape index (κ3) is 3.28. The van der Waals surface area contributed by atoms with Crippen LogP contribution in [-0.4, -0.2) is 36.9 Å². The Balaban J connectivity index is 2.29. The van der Waals surface area contributed by atoms with E-state index in [9.17, 15) is 4.79 Å². The molecule has 0 radical (unpaired) electrons. The summed E-state index contributed by atoms with van der Waals surface area (Å²) in [6, 6.07) is 5.20. The lowest BCUT2D eigenvalue weighted by molar-refractivity contribution is 0.104. The van der Waals surface area contributed by atoms with Crippen molar-refractivity contribution in [2.45, 2.75) is 0 Å². The first kappa shape index (κ1) is 15.6. The fraction of sp³-hybridized carbons (Fsp3) is 0.250. The number of ether oxygens (including phenoxy) is 3. The Hall–Kier alpha value is -2.76. The van der Waals surface area contributed by atoms with Gasteiger partial charge in [-0.3, -0.25) is 9.48 Å². The lowest BCUT2D eigenvalue weighted by Crippen LogP contribution is -1.98. The molecule has 0 N–H and O–H groups in total. The third-order valence-electron chi connectivity index (χ3n) is 3.08. The smallest absolute Gasteiger partial charge is 0.206 e. The molecule has 22 heavy (non-hydrogen) atoms. The fourth-order valence-electron chi connectivity index (χ4n) is 2.00. The van der Waals surface area contributed by atoms with Crippen molar-refractivity contribution in [3.63, 3.8) is 0 Å². The third-order valence-corrected chi connectivity index (χ3v) is 3.08. The van der Waals surface area contributed by atoms with Crippen LogP contribution in [0.4, 0.5) is 0 Å². The van der Waals surface area contributed by atoms with Crippen LogP contribution in [0.25, 0.3) is 6.08 Å². The number of methoxy groups -OCH3 is 3. The first-order valence-corrected chi connectivity index (χ1v) is 6.61. The maximum absolute atomic E-state index is 12.0. The van der Waals surface area contributed by atoms with Crippen LogP contribution < -0.4 is 14.2 Å². The van der Waals surface area contributed by atoms with Crippen molar-refractivity contribution in [2.24, 2.45) is 7.05 Å². The van der Waals surface area contributed by atoms with Crippen molar-refractivity contribution >= 4 is 11.9 Å². The van der Waals surface area contributed by atoms with Gasteiger partial charge in [-0.2, -0.15) is 5.10 Å². The Bertz CT molecular complexity index is 679. The molecular formula is C16H18N2O4. The van der Waals surface area contributed by atoms with Gasteiger partial charge in [0.25, 0.3) is 0 Å². The Morgan fingerprint density at radius 3 is 2.23 bits per heavy atom. The molecule has 0 aliphatic carbocycles. The van der Waals surface area contributed by atoms with Crippen LogP contribution in [0, 0.1) is 0 Å². The molecule has 2 rings (SSSR count). The zero-order chi connectivity index (χ0) is 16.1. The average molecular weight is 302 g/mol. The van der Waals surface area contributed by atoms with Gasteiger partial charge in [0.05, 0.1) is 21.3 Å². The highest BCUT2D eigenvalue weighted by atomic mass is 16.5. The summed E-state index contributed by atoms with van der Waals surface area (Å²) in [4.78, 5) is 12.0. The predicted octanol–water partition coefficient (Wildman–Crippen LogP) is 2.34. The molecule has 6 nitrogen and oxygen atoms in total. The molecule has 0 aliphatic heterocycles. The maximum atomic E-state index is 12.0. The quantitative estimate of drug-likeness (QED) is 0.605. The Kier molecular flexibility index (Phi) is 4.83. The van der Waals surface area contributed by atoms with E-state index in [-0.39, 0.29) is 5.78 Å². The summed E-state index contributed by atoms with van der Waals surface area (Å²) in [6.07, 6.45) is 4.87. The maximum Gasteiger partial charge on any atom is 0.206 e. The van der Waals surface area contributed by atoms with E-state index in [4.69, 9.17) is 14.2 Å². The summed E-state index contributed by atoms with van der Waals surface area (Å²) in [6.45, 7) is 0. The number of allylic oxidation sites excluding steroid dienone is 1. The molecule has 2 aromatic rings. The second kappa shape index (κ2) is 6.80. The zero-order valence-electron chi connectivity index (χ0n) is 13.0. The molecule has 0 fully saturated rings. The second-order valence-corrected chi connectivity index (χ2v) is 4.53. The molecule has 0 atom stereocenters. The van der Waals surface area contributed by atoms with Crippen molar-refractivity contribution in [3.8, 4) is 17.2 Å². The van der Waals surface area contributed by atoms with Gasteiger partial charge in [0.1, 0.15) is 5.69 Å². The summed E-state index contributed by atoms with van der Waals surface area (Å²) >= 11 is 0. The molecular weight excluding hydrogens is 284 g/mol. The van der Waals surface area contributed by atoms with Gasteiger partial charge < -0.3 is 14.2 Å². The Morgan fingerprint density at radius 1 is 1.14 bits per heavy atom. The minimum atomic E-state index is -0.172.